The summed E-state index contributed by atoms with van der Waals surface area (Å²) in [5.74, 6) is 0.847. The summed E-state index contributed by atoms with van der Waals surface area (Å²) in [4.78, 5) is 12.4. The number of aliphatic imine (C=N–C) groups is 1. The normalized spacial score (nSPS) is 16.6. The Kier molecular flexibility index (Phi) is 9.32. The molecule has 0 spiro atoms. The maximum Gasteiger partial charge on any atom is 0.216 e. The third kappa shape index (κ3) is 7.20. The first-order valence-corrected chi connectivity index (χ1v) is 12.7. The van der Waals surface area contributed by atoms with Crippen molar-refractivity contribution in [1.29, 1.82) is 0 Å². The molecular weight excluding hydrogens is 410 g/mol. The SMILES string of the molecule is CCc1nc(CCNC(=NC)N2CCN(S(=O)(=O)CCOC(C)C)CC2)sc1C. The van der Waals surface area contributed by atoms with Crippen molar-refractivity contribution >= 4 is 27.3 Å². The van der Waals surface area contributed by atoms with E-state index in [2.05, 4.69) is 34.0 Å². The highest BCUT2D eigenvalue weighted by Gasteiger charge is 2.28. The number of ether oxygens (including phenoxy) is 1. The van der Waals surface area contributed by atoms with Gasteiger partial charge in [0.1, 0.15) is 0 Å². The van der Waals surface area contributed by atoms with Crippen LogP contribution in [0.4, 0.5) is 0 Å². The van der Waals surface area contributed by atoms with Gasteiger partial charge in [-0.05, 0) is 27.2 Å². The van der Waals surface area contributed by atoms with Gasteiger partial charge in [0.25, 0.3) is 0 Å². The Morgan fingerprint density at radius 1 is 1.31 bits per heavy atom. The molecule has 0 radical (unpaired) electrons. The lowest BCUT2D eigenvalue weighted by Crippen LogP contribution is -2.54. The minimum atomic E-state index is -3.28. The molecule has 8 nitrogen and oxygen atoms in total. The average Bonchev–Trinajstić information content (AvgIpc) is 3.04. The third-order valence-corrected chi connectivity index (χ3v) is 7.74. The number of piperazine rings is 1. The van der Waals surface area contributed by atoms with Crippen LogP contribution in [0.15, 0.2) is 4.99 Å². The molecule has 0 bridgehead atoms. The maximum absolute atomic E-state index is 12.5. The molecule has 1 aliphatic heterocycles. The van der Waals surface area contributed by atoms with E-state index in [1.165, 1.54) is 10.6 Å². The number of aromatic nitrogens is 1. The second kappa shape index (κ2) is 11.2. The van der Waals surface area contributed by atoms with Gasteiger partial charge in [0.2, 0.25) is 10.0 Å². The molecular formula is C19H35N5O3S2. The molecule has 1 aliphatic rings. The molecule has 0 unspecified atom stereocenters. The van der Waals surface area contributed by atoms with Crippen LogP contribution in [0.25, 0.3) is 0 Å². The van der Waals surface area contributed by atoms with Crippen LogP contribution < -0.4 is 5.32 Å². The fourth-order valence-corrected chi connectivity index (χ4v) is 5.54. The van der Waals surface area contributed by atoms with Gasteiger partial charge in [-0.3, -0.25) is 4.99 Å². The Labute approximate surface area is 179 Å². The van der Waals surface area contributed by atoms with Gasteiger partial charge in [-0.15, -0.1) is 11.3 Å². The summed E-state index contributed by atoms with van der Waals surface area (Å²) >= 11 is 1.76. The number of thiazole rings is 1. The van der Waals surface area contributed by atoms with Gasteiger partial charge in [0.05, 0.1) is 29.2 Å². The Morgan fingerprint density at radius 2 is 2.00 bits per heavy atom. The van der Waals surface area contributed by atoms with Gasteiger partial charge >= 0.3 is 0 Å². The van der Waals surface area contributed by atoms with Crippen molar-refractivity contribution in [2.24, 2.45) is 4.99 Å². The second-order valence-electron chi connectivity index (χ2n) is 7.31. The van der Waals surface area contributed by atoms with Crippen LogP contribution in [0.5, 0.6) is 0 Å². The van der Waals surface area contributed by atoms with E-state index in [9.17, 15) is 8.42 Å². The van der Waals surface area contributed by atoms with Crippen molar-refractivity contribution in [2.45, 2.75) is 46.6 Å². The largest absolute Gasteiger partial charge is 0.378 e. The summed E-state index contributed by atoms with van der Waals surface area (Å²) in [6.07, 6.45) is 1.86. The van der Waals surface area contributed by atoms with Gasteiger partial charge in [0.15, 0.2) is 5.96 Å². The fourth-order valence-electron chi connectivity index (χ4n) is 3.23. The lowest BCUT2D eigenvalue weighted by atomic mass is 10.3. The second-order valence-corrected chi connectivity index (χ2v) is 10.7. The van der Waals surface area contributed by atoms with E-state index < -0.39 is 10.0 Å². The number of nitrogens with one attached hydrogen (secondary N) is 1. The summed E-state index contributed by atoms with van der Waals surface area (Å²) in [6, 6.07) is 0. The summed E-state index contributed by atoms with van der Waals surface area (Å²) in [6.45, 7) is 11.2. The molecule has 0 atom stereocenters. The number of nitrogens with zero attached hydrogens (tertiary/aromatic N) is 4. The molecule has 1 aromatic heterocycles. The van der Waals surface area contributed by atoms with E-state index in [4.69, 9.17) is 4.74 Å². The van der Waals surface area contributed by atoms with Gasteiger partial charge in [-0.2, -0.15) is 4.31 Å². The number of aryl methyl sites for hydroxylation is 2. The summed E-state index contributed by atoms with van der Waals surface area (Å²) in [5, 5.41) is 4.53. The number of hydrogen-bond acceptors (Lipinski definition) is 6. The molecule has 2 heterocycles. The number of rotatable bonds is 9. The van der Waals surface area contributed by atoms with Crippen molar-refractivity contribution in [1.82, 2.24) is 19.5 Å². The van der Waals surface area contributed by atoms with Crippen LogP contribution in [0.2, 0.25) is 0 Å². The standard InChI is InChI=1S/C19H35N5O3S2/c1-6-17-16(4)28-18(22-17)7-8-21-19(20-5)23-9-11-24(12-10-23)29(25,26)14-13-27-15(2)3/h15H,6-14H2,1-5H3,(H,20,21). The molecule has 0 aliphatic carbocycles. The Balaban J connectivity index is 1.79. The first kappa shape index (κ1) is 24.0. The van der Waals surface area contributed by atoms with Crippen LogP contribution in [-0.2, 0) is 27.6 Å². The molecule has 1 aromatic rings. The highest BCUT2D eigenvalue weighted by atomic mass is 32.2. The molecule has 1 N–H and O–H groups in total. The summed E-state index contributed by atoms with van der Waals surface area (Å²) in [5.41, 5.74) is 1.19. The van der Waals surface area contributed by atoms with E-state index in [0.29, 0.717) is 26.2 Å². The van der Waals surface area contributed by atoms with Crippen molar-refractivity contribution in [3.63, 3.8) is 0 Å². The zero-order valence-corrected chi connectivity index (χ0v) is 19.9. The van der Waals surface area contributed by atoms with Gasteiger partial charge in [-0.25, -0.2) is 13.4 Å². The van der Waals surface area contributed by atoms with E-state index in [1.807, 2.05) is 13.8 Å². The highest BCUT2D eigenvalue weighted by Crippen LogP contribution is 2.18. The minimum Gasteiger partial charge on any atom is -0.378 e. The number of guanidine groups is 1. The fraction of sp³-hybridized carbons (Fsp3) is 0.789. The van der Waals surface area contributed by atoms with Crippen LogP contribution >= 0.6 is 11.3 Å². The molecule has 0 amide bonds. The van der Waals surface area contributed by atoms with Crippen molar-refractivity contribution in [3.05, 3.63) is 15.6 Å². The molecule has 0 saturated carbocycles. The summed E-state index contributed by atoms with van der Waals surface area (Å²) in [7, 11) is -1.52. The van der Waals surface area contributed by atoms with Gasteiger partial charge in [-0.1, -0.05) is 6.92 Å². The van der Waals surface area contributed by atoms with Crippen molar-refractivity contribution in [3.8, 4) is 0 Å². The molecule has 1 saturated heterocycles. The molecule has 1 fully saturated rings. The van der Waals surface area contributed by atoms with Crippen LogP contribution in [0.3, 0.4) is 0 Å². The zero-order valence-electron chi connectivity index (χ0n) is 18.3. The predicted octanol–water partition coefficient (Wildman–Crippen LogP) is 1.50. The van der Waals surface area contributed by atoms with Crippen LogP contribution in [-0.4, -0.2) is 86.8 Å². The van der Waals surface area contributed by atoms with E-state index in [-0.39, 0.29) is 18.5 Å². The number of sulfonamides is 1. The van der Waals surface area contributed by atoms with Gasteiger partial charge in [0, 0.05) is 51.1 Å². The Bertz CT molecular complexity index is 769. The van der Waals surface area contributed by atoms with Gasteiger partial charge < -0.3 is 15.0 Å². The topological polar surface area (TPSA) is 87.1 Å². The first-order valence-electron chi connectivity index (χ1n) is 10.3. The number of hydrogen-bond donors (Lipinski definition) is 1. The summed E-state index contributed by atoms with van der Waals surface area (Å²) < 4.78 is 31.9. The van der Waals surface area contributed by atoms with Crippen LogP contribution in [0.1, 0.15) is 36.3 Å². The van der Waals surface area contributed by atoms with E-state index in [1.54, 1.807) is 22.7 Å². The van der Waals surface area contributed by atoms with E-state index >= 15 is 0 Å². The van der Waals surface area contributed by atoms with Crippen molar-refractivity contribution in [2.75, 3.05) is 52.1 Å². The third-order valence-electron chi connectivity index (χ3n) is 4.83. The first-order chi connectivity index (χ1) is 13.8. The lowest BCUT2D eigenvalue weighted by molar-refractivity contribution is 0.0904. The van der Waals surface area contributed by atoms with E-state index in [0.717, 1.165) is 30.4 Å². The monoisotopic (exact) mass is 445 g/mol. The highest BCUT2D eigenvalue weighted by molar-refractivity contribution is 7.89. The molecule has 29 heavy (non-hydrogen) atoms. The molecule has 166 valence electrons. The lowest BCUT2D eigenvalue weighted by Gasteiger charge is -2.35. The smallest absolute Gasteiger partial charge is 0.216 e. The van der Waals surface area contributed by atoms with Crippen LogP contribution in [0, 0.1) is 6.92 Å². The molecule has 0 aromatic carbocycles. The Morgan fingerprint density at radius 3 is 2.55 bits per heavy atom. The maximum atomic E-state index is 12.5. The molecule has 2 rings (SSSR count). The minimum absolute atomic E-state index is 0.0329. The predicted molar refractivity (Wildman–Crippen MR) is 119 cm³/mol. The van der Waals surface area contributed by atoms with Crippen molar-refractivity contribution < 1.29 is 13.2 Å². The average molecular weight is 446 g/mol. The molecule has 10 heteroatoms. The zero-order chi connectivity index (χ0) is 21.4. The Hall–Kier alpha value is -1.23. The quantitative estimate of drug-likeness (QED) is 0.458.